The normalized spacial score (nSPS) is 52.3. The summed E-state index contributed by atoms with van der Waals surface area (Å²) in [4.78, 5) is 13.5. The minimum Gasteiger partial charge on any atom is -0.294 e. The van der Waals surface area contributed by atoms with Crippen LogP contribution in [0.5, 0.6) is 0 Å². The average molecular weight is 1150 g/mol. The maximum atomic E-state index is 3.47. The Labute approximate surface area is 519 Å². The van der Waals surface area contributed by atoms with Gasteiger partial charge in [0.05, 0.1) is 0 Å². The van der Waals surface area contributed by atoms with E-state index in [2.05, 4.69) is 33.4 Å². The second kappa shape index (κ2) is 26.1. The van der Waals surface area contributed by atoms with Crippen LogP contribution in [0.3, 0.4) is 0 Å². The fraction of sp³-hybridized carbons (Fsp3) is 1.00. The minimum absolute atomic E-state index is 0.889. The molecule has 0 aromatic heterocycles. The minimum atomic E-state index is 0.889. The van der Waals surface area contributed by atoms with Crippen molar-refractivity contribution >= 4 is 0 Å². The molecule has 474 valence electrons. The van der Waals surface area contributed by atoms with Gasteiger partial charge in [0.1, 0.15) is 0 Å². The zero-order chi connectivity index (χ0) is 55.8. The summed E-state index contributed by atoms with van der Waals surface area (Å²) < 4.78 is 0. The first-order chi connectivity index (χ1) is 41.5. The van der Waals surface area contributed by atoms with Crippen LogP contribution in [-0.2, 0) is 0 Å². The summed E-state index contributed by atoms with van der Waals surface area (Å²) in [7, 11) is 0. The van der Waals surface area contributed by atoms with Crippen LogP contribution in [0.25, 0.3) is 0 Å². The summed E-state index contributed by atoms with van der Waals surface area (Å²) in [6.45, 7) is 5.20. The lowest BCUT2D eigenvalue weighted by Crippen LogP contribution is -2.63. The number of rotatable bonds is 12. The van der Waals surface area contributed by atoms with E-state index in [1.807, 2.05) is 0 Å². The highest BCUT2D eigenvalue weighted by Crippen LogP contribution is 2.59. The van der Waals surface area contributed by atoms with E-state index in [1.165, 1.54) is 116 Å². The highest BCUT2D eigenvalue weighted by Gasteiger charge is 2.56. The third-order valence-electron chi connectivity index (χ3n) is 32.7. The molecule has 16 aliphatic rings. The number of fused-ring (bicyclic) bond motifs is 7. The molecule has 2 saturated heterocycles. The third-order valence-corrected chi connectivity index (χ3v) is 32.7. The van der Waals surface area contributed by atoms with Gasteiger partial charge in [0, 0.05) is 72.5 Å². The Morgan fingerprint density at radius 3 is 0.738 bits per heavy atom. The van der Waals surface area contributed by atoms with Crippen molar-refractivity contribution in [1.29, 1.82) is 0 Å². The van der Waals surface area contributed by atoms with E-state index in [4.69, 9.17) is 0 Å². The van der Waals surface area contributed by atoms with Crippen LogP contribution in [0.1, 0.15) is 335 Å². The SMILES string of the molecule is CC1CCC(N(C2CCC(C3CC(C4CCC(N5C6CCCCC6C6CCCCC65)CC4)C3)CC2)C2CCC(N(C3CCC(C)CC3)C3CCC(C4CC(C5CCC(N6C7CCCCC7C7CCCCC76)CC5)C4)CC3)C3CCCCC32)CC1. The van der Waals surface area contributed by atoms with Crippen molar-refractivity contribution in [3.05, 3.63) is 0 Å². The van der Waals surface area contributed by atoms with Gasteiger partial charge in [-0.1, -0.05) is 78.1 Å². The molecule has 0 bridgehead atoms. The molecule has 0 spiro atoms. The zero-order valence-electron chi connectivity index (χ0n) is 55.3. The monoisotopic (exact) mass is 1150 g/mol. The van der Waals surface area contributed by atoms with Gasteiger partial charge < -0.3 is 0 Å². The lowest BCUT2D eigenvalue weighted by molar-refractivity contribution is -0.0930. The van der Waals surface area contributed by atoms with Gasteiger partial charge in [-0.05, 0) is 352 Å². The van der Waals surface area contributed by atoms with Crippen LogP contribution >= 0.6 is 0 Å². The molecular weight excluding hydrogens is 1020 g/mol. The predicted octanol–water partition coefficient (Wildman–Crippen LogP) is 20.2. The molecular formula is C80H134N4. The molecule has 12 unspecified atom stereocenters. The molecule has 0 N–H and O–H groups in total. The summed E-state index contributed by atoms with van der Waals surface area (Å²) >= 11 is 0. The second-order valence-corrected chi connectivity index (χ2v) is 36.3. The summed E-state index contributed by atoms with van der Waals surface area (Å²) in [6, 6.07) is 11.2. The van der Waals surface area contributed by atoms with Crippen molar-refractivity contribution < 1.29 is 0 Å². The molecule has 84 heavy (non-hydrogen) atoms. The fourth-order valence-electron chi connectivity index (χ4n) is 28.5. The van der Waals surface area contributed by atoms with Crippen LogP contribution in [0, 0.1) is 94.7 Å². The van der Waals surface area contributed by atoms with Gasteiger partial charge >= 0.3 is 0 Å². The topological polar surface area (TPSA) is 13.0 Å². The van der Waals surface area contributed by atoms with Gasteiger partial charge in [0.2, 0.25) is 0 Å². The summed E-state index contributed by atoms with van der Waals surface area (Å²) in [5.74, 6) is 16.8. The van der Waals surface area contributed by atoms with E-state index in [-0.39, 0.29) is 0 Å². The van der Waals surface area contributed by atoms with Crippen LogP contribution in [-0.4, -0.2) is 92.1 Å². The smallest absolute Gasteiger partial charge is 0.0133 e. The number of nitrogens with zero attached hydrogens (tertiary/aromatic N) is 4. The molecule has 4 nitrogen and oxygen atoms in total. The first-order valence-corrected chi connectivity index (χ1v) is 40.5. The predicted molar refractivity (Wildman–Crippen MR) is 351 cm³/mol. The maximum Gasteiger partial charge on any atom is 0.0133 e. The number of hydrogen-bond acceptors (Lipinski definition) is 4. The van der Waals surface area contributed by atoms with Crippen molar-refractivity contribution in [1.82, 2.24) is 19.6 Å². The van der Waals surface area contributed by atoms with E-state index in [0.29, 0.717) is 0 Å². The van der Waals surface area contributed by atoms with Crippen molar-refractivity contribution in [3.8, 4) is 0 Å². The standard InChI is InChI=1S/C80H134N4/c1-53-23-35-63(36-24-53)81(65-39-27-55(28-40-65)59-49-61(50-59)57-31-43-67(44-32-57)83-75-19-9-5-15-69(75)70-16-6-10-20-76(70)83)79-47-48-80(74-14-4-3-13-73(74)79)82(64-37-25-54(2)26-38-64)66-41-29-56(30-42-66)60-51-62(52-60)58-33-45-68(46-34-58)84-77-21-11-7-17-71(77)72-18-8-12-22-78(72)84/h53-80H,3-52H2,1-2H3. The average Bonchev–Trinajstić information content (AvgIpc) is 2.32. The zero-order valence-corrected chi connectivity index (χ0v) is 55.3. The Morgan fingerprint density at radius 2 is 0.452 bits per heavy atom. The van der Waals surface area contributed by atoms with Gasteiger partial charge in [-0.15, -0.1) is 0 Å². The summed E-state index contributed by atoms with van der Waals surface area (Å²) in [5, 5.41) is 0. The lowest BCUT2D eigenvalue weighted by atomic mass is 9.58. The van der Waals surface area contributed by atoms with E-state index in [9.17, 15) is 0 Å². The molecule has 2 heterocycles. The molecule has 4 heteroatoms. The molecule has 14 aliphatic carbocycles. The molecule has 2 aliphatic heterocycles. The van der Waals surface area contributed by atoms with Gasteiger partial charge in [-0.25, -0.2) is 0 Å². The Kier molecular flexibility index (Phi) is 18.3. The molecule has 0 amide bonds. The van der Waals surface area contributed by atoms with Gasteiger partial charge in [0.15, 0.2) is 0 Å². The Hall–Kier alpha value is -0.160. The molecule has 16 rings (SSSR count). The van der Waals surface area contributed by atoms with Crippen molar-refractivity contribution in [3.63, 3.8) is 0 Å². The number of likely N-dealkylation sites (tertiary alicyclic amines) is 2. The van der Waals surface area contributed by atoms with Crippen molar-refractivity contribution in [2.24, 2.45) is 94.7 Å². The Bertz CT molecular complexity index is 1870. The molecule has 0 aromatic carbocycles. The van der Waals surface area contributed by atoms with Crippen molar-refractivity contribution in [2.45, 2.75) is 407 Å². The molecule has 12 atom stereocenters. The maximum absolute atomic E-state index is 3.47. The Morgan fingerprint density at radius 1 is 0.214 bits per heavy atom. The third kappa shape index (κ3) is 11.5. The fourth-order valence-corrected chi connectivity index (χ4v) is 28.5. The second-order valence-electron chi connectivity index (χ2n) is 36.3. The molecule has 0 radical (unpaired) electrons. The van der Waals surface area contributed by atoms with Crippen LogP contribution < -0.4 is 0 Å². The van der Waals surface area contributed by atoms with E-state index in [0.717, 1.165) is 167 Å². The highest BCUT2D eigenvalue weighted by molar-refractivity contribution is 5.10. The van der Waals surface area contributed by atoms with E-state index >= 15 is 0 Å². The quantitative estimate of drug-likeness (QED) is 0.193. The van der Waals surface area contributed by atoms with E-state index in [1.54, 1.807) is 205 Å². The van der Waals surface area contributed by atoms with E-state index < -0.39 is 0 Å². The first-order valence-electron chi connectivity index (χ1n) is 40.5. The van der Waals surface area contributed by atoms with Gasteiger partial charge in [0.25, 0.3) is 0 Å². The van der Waals surface area contributed by atoms with Crippen LogP contribution in [0.2, 0.25) is 0 Å². The molecule has 16 fully saturated rings. The molecule has 0 aromatic rings. The summed E-state index contributed by atoms with van der Waals surface area (Å²) in [5.41, 5.74) is 0. The van der Waals surface area contributed by atoms with Gasteiger partial charge in [-0.2, -0.15) is 0 Å². The Balaban J connectivity index is 0.530. The summed E-state index contributed by atoms with van der Waals surface area (Å²) in [6.07, 6.45) is 77.7. The van der Waals surface area contributed by atoms with Crippen molar-refractivity contribution in [2.75, 3.05) is 0 Å². The lowest BCUT2D eigenvalue weighted by Gasteiger charge is -2.59. The number of hydrogen-bond donors (Lipinski definition) is 0. The van der Waals surface area contributed by atoms with Crippen LogP contribution in [0.4, 0.5) is 0 Å². The largest absolute Gasteiger partial charge is 0.294 e. The molecule has 14 saturated carbocycles. The van der Waals surface area contributed by atoms with Crippen LogP contribution in [0.15, 0.2) is 0 Å². The first kappa shape index (κ1) is 58.9. The highest BCUT2D eigenvalue weighted by atomic mass is 15.3. The van der Waals surface area contributed by atoms with Gasteiger partial charge in [-0.3, -0.25) is 19.6 Å².